The molecule has 0 bridgehead atoms. The molecule has 0 aliphatic heterocycles. The smallest absolute Gasteiger partial charge is 0.0777 e. The van der Waals surface area contributed by atoms with Gasteiger partial charge in [-0.1, -0.05) is 19.9 Å². The second-order valence-electron chi connectivity index (χ2n) is 4.69. The van der Waals surface area contributed by atoms with Gasteiger partial charge < -0.3 is 0 Å². The van der Waals surface area contributed by atoms with E-state index in [1.807, 2.05) is 13.0 Å². The Morgan fingerprint density at radius 2 is 2.06 bits per heavy atom. The van der Waals surface area contributed by atoms with Gasteiger partial charge in [-0.25, -0.2) is 0 Å². The Morgan fingerprint density at radius 3 is 2.71 bits per heavy atom. The number of nitriles is 1. The van der Waals surface area contributed by atoms with Gasteiger partial charge in [0, 0.05) is 5.39 Å². The van der Waals surface area contributed by atoms with Crippen molar-refractivity contribution in [2.45, 2.75) is 33.1 Å². The number of pyridine rings is 1. The zero-order valence-electron chi connectivity index (χ0n) is 10.5. The van der Waals surface area contributed by atoms with Crippen molar-refractivity contribution in [2.24, 2.45) is 0 Å². The molecule has 17 heavy (non-hydrogen) atoms. The van der Waals surface area contributed by atoms with Crippen molar-refractivity contribution in [3.8, 4) is 6.07 Å². The number of benzene rings is 1. The predicted octanol–water partition coefficient (Wildman–Crippen LogP) is 3.73. The van der Waals surface area contributed by atoms with Gasteiger partial charge >= 0.3 is 0 Å². The van der Waals surface area contributed by atoms with Crippen molar-refractivity contribution in [3.63, 3.8) is 0 Å². The fourth-order valence-corrected chi connectivity index (χ4v) is 1.95. The highest BCUT2D eigenvalue weighted by atomic mass is 14.7. The van der Waals surface area contributed by atoms with Crippen molar-refractivity contribution in [3.05, 3.63) is 41.1 Å². The first-order valence-corrected chi connectivity index (χ1v) is 5.89. The highest BCUT2D eigenvalue weighted by Crippen LogP contribution is 2.22. The molecule has 0 saturated heterocycles. The van der Waals surface area contributed by atoms with Crippen LogP contribution in [0.3, 0.4) is 0 Å². The van der Waals surface area contributed by atoms with E-state index in [1.165, 1.54) is 5.56 Å². The molecule has 0 radical (unpaired) electrons. The zero-order chi connectivity index (χ0) is 12.4. The topological polar surface area (TPSA) is 36.7 Å². The summed E-state index contributed by atoms with van der Waals surface area (Å²) in [4.78, 5) is 4.54. The van der Waals surface area contributed by atoms with E-state index in [4.69, 9.17) is 5.26 Å². The van der Waals surface area contributed by atoms with E-state index in [1.54, 1.807) is 0 Å². The monoisotopic (exact) mass is 224 g/mol. The van der Waals surface area contributed by atoms with E-state index in [0.29, 0.717) is 12.3 Å². The molecule has 1 heterocycles. The molecule has 0 unspecified atom stereocenters. The molecule has 0 saturated carbocycles. The van der Waals surface area contributed by atoms with Gasteiger partial charge in [0.05, 0.1) is 23.7 Å². The minimum Gasteiger partial charge on any atom is -0.251 e. The number of nitrogens with zero attached hydrogens (tertiary/aromatic N) is 2. The molecule has 1 aromatic heterocycles. The SMILES string of the molecule is Cc1cc2cc(C(C)C)ccc2nc1CC#N. The molecule has 0 spiro atoms. The second-order valence-corrected chi connectivity index (χ2v) is 4.69. The van der Waals surface area contributed by atoms with Crippen molar-refractivity contribution in [2.75, 3.05) is 0 Å². The first-order chi connectivity index (χ1) is 8.11. The molecule has 0 N–H and O–H groups in total. The molecule has 1 aromatic carbocycles. The van der Waals surface area contributed by atoms with Crippen LogP contribution >= 0.6 is 0 Å². The Labute approximate surface area is 102 Å². The molecule has 2 aromatic rings. The summed E-state index contributed by atoms with van der Waals surface area (Å²) in [5, 5.41) is 9.91. The number of hydrogen-bond donors (Lipinski definition) is 0. The first kappa shape index (κ1) is 11.6. The van der Waals surface area contributed by atoms with Gasteiger partial charge in [0.25, 0.3) is 0 Å². The molecule has 0 atom stereocenters. The summed E-state index contributed by atoms with van der Waals surface area (Å²) in [6.07, 6.45) is 0.383. The van der Waals surface area contributed by atoms with E-state index in [0.717, 1.165) is 22.2 Å². The van der Waals surface area contributed by atoms with Gasteiger partial charge in [0.15, 0.2) is 0 Å². The van der Waals surface area contributed by atoms with Crippen LogP contribution < -0.4 is 0 Å². The maximum Gasteiger partial charge on any atom is 0.0777 e. The Morgan fingerprint density at radius 1 is 1.29 bits per heavy atom. The summed E-state index contributed by atoms with van der Waals surface area (Å²) in [5.41, 5.74) is 4.29. The minimum atomic E-state index is 0.383. The molecule has 2 heteroatoms. The fraction of sp³-hybridized carbons (Fsp3) is 0.333. The standard InChI is InChI=1S/C15H16N2/c1-10(2)12-4-5-15-13(9-12)8-11(3)14(17-15)6-7-16/h4-5,8-10H,6H2,1-3H3. The van der Waals surface area contributed by atoms with Crippen molar-refractivity contribution in [1.29, 1.82) is 5.26 Å². The molecule has 86 valence electrons. The number of rotatable bonds is 2. The van der Waals surface area contributed by atoms with Crippen LogP contribution in [0.4, 0.5) is 0 Å². The normalized spacial score (nSPS) is 10.8. The zero-order valence-corrected chi connectivity index (χ0v) is 10.5. The summed E-state index contributed by atoms with van der Waals surface area (Å²) in [7, 11) is 0. The summed E-state index contributed by atoms with van der Waals surface area (Å²) in [6, 6.07) is 10.6. The minimum absolute atomic E-state index is 0.383. The number of aromatic nitrogens is 1. The quantitative estimate of drug-likeness (QED) is 0.779. The Balaban J connectivity index is 2.58. The van der Waals surface area contributed by atoms with E-state index in [-0.39, 0.29) is 0 Å². The summed E-state index contributed by atoms with van der Waals surface area (Å²) in [6.45, 7) is 6.39. The molecular weight excluding hydrogens is 208 g/mol. The summed E-state index contributed by atoms with van der Waals surface area (Å²) >= 11 is 0. The van der Waals surface area contributed by atoms with Gasteiger partial charge in [-0.05, 0) is 42.2 Å². The second kappa shape index (κ2) is 4.55. The third-order valence-electron chi connectivity index (χ3n) is 3.05. The Bertz CT molecular complexity index is 592. The van der Waals surface area contributed by atoms with Crippen LogP contribution in [0.5, 0.6) is 0 Å². The van der Waals surface area contributed by atoms with Crippen LogP contribution in [0.25, 0.3) is 10.9 Å². The van der Waals surface area contributed by atoms with Crippen LogP contribution in [0.15, 0.2) is 24.3 Å². The van der Waals surface area contributed by atoms with Gasteiger partial charge in [-0.3, -0.25) is 4.98 Å². The third kappa shape index (κ3) is 2.29. The highest BCUT2D eigenvalue weighted by Gasteiger charge is 2.05. The Kier molecular flexibility index (Phi) is 3.10. The van der Waals surface area contributed by atoms with Gasteiger partial charge in [0.1, 0.15) is 0 Å². The maximum atomic E-state index is 8.74. The van der Waals surface area contributed by atoms with Gasteiger partial charge in [-0.15, -0.1) is 0 Å². The fourth-order valence-electron chi connectivity index (χ4n) is 1.95. The maximum absolute atomic E-state index is 8.74. The Hall–Kier alpha value is -1.88. The van der Waals surface area contributed by atoms with Crippen LogP contribution in [0, 0.1) is 18.3 Å². The van der Waals surface area contributed by atoms with Crippen molar-refractivity contribution < 1.29 is 0 Å². The van der Waals surface area contributed by atoms with Gasteiger partial charge in [-0.2, -0.15) is 5.26 Å². The van der Waals surface area contributed by atoms with E-state index < -0.39 is 0 Å². The molecule has 2 rings (SSSR count). The number of aryl methyl sites for hydroxylation is 1. The lowest BCUT2D eigenvalue weighted by Crippen LogP contribution is -1.95. The lowest BCUT2D eigenvalue weighted by molar-refractivity contribution is 0.868. The van der Waals surface area contributed by atoms with E-state index in [2.05, 4.69) is 43.1 Å². The van der Waals surface area contributed by atoms with E-state index in [9.17, 15) is 0 Å². The summed E-state index contributed by atoms with van der Waals surface area (Å²) in [5.74, 6) is 0.526. The molecular formula is C15H16N2. The van der Waals surface area contributed by atoms with Crippen molar-refractivity contribution >= 4 is 10.9 Å². The highest BCUT2D eigenvalue weighted by molar-refractivity contribution is 5.80. The van der Waals surface area contributed by atoms with Crippen LogP contribution in [0.2, 0.25) is 0 Å². The molecule has 2 nitrogen and oxygen atoms in total. The molecule has 0 aliphatic carbocycles. The van der Waals surface area contributed by atoms with Crippen LogP contribution in [-0.4, -0.2) is 4.98 Å². The number of hydrogen-bond acceptors (Lipinski definition) is 2. The lowest BCUT2D eigenvalue weighted by Gasteiger charge is -2.08. The average molecular weight is 224 g/mol. The van der Waals surface area contributed by atoms with E-state index >= 15 is 0 Å². The van der Waals surface area contributed by atoms with Crippen molar-refractivity contribution in [1.82, 2.24) is 4.98 Å². The van der Waals surface area contributed by atoms with Crippen LogP contribution in [-0.2, 0) is 6.42 Å². The average Bonchev–Trinajstić information content (AvgIpc) is 2.29. The summed E-state index contributed by atoms with van der Waals surface area (Å²) < 4.78 is 0. The molecule has 0 aliphatic rings. The molecule has 0 fully saturated rings. The third-order valence-corrected chi connectivity index (χ3v) is 3.05. The molecule has 0 amide bonds. The van der Waals surface area contributed by atoms with Gasteiger partial charge in [0.2, 0.25) is 0 Å². The first-order valence-electron chi connectivity index (χ1n) is 5.89. The number of fused-ring (bicyclic) bond motifs is 1. The predicted molar refractivity (Wildman–Crippen MR) is 69.9 cm³/mol. The lowest BCUT2D eigenvalue weighted by atomic mass is 10.00. The van der Waals surface area contributed by atoms with Crippen LogP contribution in [0.1, 0.15) is 36.6 Å². The largest absolute Gasteiger partial charge is 0.251 e.